The molecule has 0 N–H and O–H groups in total. The van der Waals surface area contributed by atoms with Crippen molar-refractivity contribution in [3.8, 4) is 0 Å². The molecule has 1 aromatic heterocycles. The molecule has 1 heterocycles. The topological polar surface area (TPSA) is 30.2 Å². The van der Waals surface area contributed by atoms with Crippen molar-refractivity contribution in [2.24, 2.45) is 0 Å². The zero-order chi connectivity index (χ0) is 10.8. The number of hydrogen-bond acceptors (Lipinski definition) is 2. The van der Waals surface area contributed by atoms with E-state index in [4.69, 9.17) is 4.42 Å². The number of rotatable bonds is 2. The second-order valence-electron chi connectivity index (χ2n) is 3.59. The third-order valence-electron chi connectivity index (χ3n) is 2.32. The van der Waals surface area contributed by atoms with Gasteiger partial charge in [0.25, 0.3) is 0 Å². The molecule has 1 aromatic carbocycles. The van der Waals surface area contributed by atoms with Crippen molar-refractivity contribution in [2.75, 3.05) is 0 Å². The van der Waals surface area contributed by atoms with Crippen molar-refractivity contribution in [2.45, 2.75) is 13.3 Å². The summed E-state index contributed by atoms with van der Waals surface area (Å²) in [6, 6.07) is 7.63. The first-order valence-electron chi connectivity index (χ1n) is 4.85. The quantitative estimate of drug-likeness (QED) is 0.551. The summed E-state index contributed by atoms with van der Waals surface area (Å²) in [6.45, 7) is 5.63. The number of aryl methyl sites for hydroxylation is 1. The Hall–Kier alpha value is -1.83. The molecule has 2 nitrogen and oxygen atoms in total. The fraction of sp³-hybridized carbons (Fsp3) is 0.154. The van der Waals surface area contributed by atoms with Crippen LogP contribution in [0, 0.1) is 6.92 Å². The van der Waals surface area contributed by atoms with E-state index < -0.39 is 0 Å². The van der Waals surface area contributed by atoms with Gasteiger partial charge in [0, 0.05) is 10.9 Å². The Morgan fingerprint density at radius 3 is 2.93 bits per heavy atom. The standard InChI is InChI=1S/C13H12O2/c1-3-4-10-8-11-7-9(2)5-6-12(11)15-13(10)14/h3,5-8H,1,4H2,2H3. The number of benzene rings is 1. The highest BCUT2D eigenvalue weighted by atomic mass is 16.4. The molecule has 0 saturated carbocycles. The number of fused-ring (bicyclic) bond motifs is 1. The molecule has 0 bridgehead atoms. The van der Waals surface area contributed by atoms with Crippen LogP contribution in [0.1, 0.15) is 11.1 Å². The highest BCUT2D eigenvalue weighted by Crippen LogP contribution is 2.15. The average Bonchev–Trinajstić information content (AvgIpc) is 2.20. The summed E-state index contributed by atoms with van der Waals surface area (Å²) >= 11 is 0. The van der Waals surface area contributed by atoms with E-state index in [0.29, 0.717) is 17.6 Å². The van der Waals surface area contributed by atoms with E-state index in [-0.39, 0.29) is 5.63 Å². The molecule has 0 aliphatic heterocycles. The van der Waals surface area contributed by atoms with Gasteiger partial charge < -0.3 is 4.42 Å². The van der Waals surface area contributed by atoms with Gasteiger partial charge in [-0.25, -0.2) is 4.79 Å². The maximum absolute atomic E-state index is 11.5. The largest absolute Gasteiger partial charge is 0.423 e. The zero-order valence-corrected chi connectivity index (χ0v) is 8.62. The molecule has 0 aliphatic carbocycles. The van der Waals surface area contributed by atoms with E-state index in [0.717, 1.165) is 10.9 Å². The molecule has 2 heteroatoms. The Kier molecular flexibility index (Phi) is 2.42. The van der Waals surface area contributed by atoms with Gasteiger partial charge in [-0.05, 0) is 31.5 Å². The second kappa shape index (κ2) is 3.73. The third kappa shape index (κ3) is 1.84. The van der Waals surface area contributed by atoms with Gasteiger partial charge in [-0.3, -0.25) is 0 Å². The van der Waals surface area contributed by atoms with Gasteiger partial charge in [0.1, 0.15) is 5.58 Å². The second-order valence-corrected chi connectivity index (χ2v) is 3.59. The van der Waals surface area contributed by atoms with Crippen LogP contribution in [-0.2, 0) is 6.42 Å². The lowest BCUT2D eigenvalue weighted by Crippen LogP contribution is -2.05. The molecule has 0 radical (unpaired) electrons. The zero-order valence-electron chi connectivity index (χ0n) is 8.62. The van der Waals surface area contributed by atoms with Crippen molar-refractivity contribution in [3.63, 3.8) is 0 Å². The van der Waals surface area contributed by atoms with E-state index in [1.807, 2.05) is 31.2 Å². The van der Waals surface area contributed by atoms with Crippen molar-refractivity contribution in [1.29, 1.82) is 0 Å². The minimum Gasteiger partial charge on any atom is -0.423 e. The first-order valence-corrected chi connectivity index (χ1v) is 4.85. The molecule has 2 aromatic rings. The fourth-order valence-corrected chi connectivity index (χ4v) is 1.58. The minimum absolute atomic E-state index is 0.272. The lowest BCUT2D eigenvalue weighted by molar-refractivity contribution is 0.553. The van der Waals surface area contributed by atoms with Crippen LogP contribution in [-0.4, -0.2) is 0 Å². The number of hydrogen-bond donors (Lipinski definition) is 0. The maximum atomic E-state index is 11.5. The van der Waals surface area contributed by atoms with Crippen LogP contribution in [0.2, 0.25) is 0 Å². The Balaban J connectivity index is 2.71. The Morgan fingerprint density at radius 2 is 2.20 bits per heavy atom. The smallest absolute Gasteiger partial charge is 0.339 e. The Bertz CT molecular complexity index is 564. The molecular formula is C13H12O2. The van der Waals surface area contributed by atoms with Crippen LogP contribution in [0.25, 0.3) is 11.0 Å². The van der Waals surface area contributed by atoms with Gasteiger partial charge >= 0.3 is 5.63 Å². The van der Waals surface area contributed by atoms with Gasteiger partial charge in [-0.1, -0.05) is 17.7 Å². The number of allylic oxidation sites excluding steroid dienone is 1. The van der Waals surface area contributed by atoms with Gasteiger partial charge in [0.05, 0.1) is 0 Å². The van der Waals surface area contributed by atoms with Crippen LogP contribution in [0.4, 0.5) is 0 Å². The van der Waals surface area contributed by atoms with Crippen molar-refractivity contribution < 1.29 is 4.42 Å². The van der Waals surface area contributed by atoms with Crippen molar-refractivity contribution in [3.05, 3.63) is 58.5 Å². The molecule has 0 amide bonds. The van der Waals surface area contributed by atoms with E-state index in [9.17, 15) is 4.79 Å². The molecule has 2 rings (SSSR count). The molecule has 0 aliphatic rings. The van der Waals surface area contributed by atoms with Gasteiger partial charge in [-0.2, -0.15) is 0 Å². The third-order valence-corrected chi connectivity index (χ3v) is 2.32. The summed E-state index contributed by atoms with van der Waals surface area (Å²) in [5.41, 5.74) is 2.17. The molecule has 0 spiro atoms. The van der Waals surface area contributed by atoms with Crippen LogP contribution in [0.15, 0.2) is 46.1 Å². The highest BCUT2D eigenvalue weighted by molar-refractivity contribution is 5.77. The molecule has 0 saturated heterocycles. The van der Waals surface area contributed by atoms with Crippen LogP contribution < -0.4 is 5.63 Å². The summed E-state index contributed by atoms with van der Waals surface area (Å²) in [7, 11) is 0. The molecule has 76 valence electrons. The Morgan fingerprint density at radius 1 is 1.40 bits per heavy atom. The van der Waals surface area contributed by atoms with E-state index in [1.54, 1.807) is 6.08 Å². The van der Waals surface area contributed by atoms with Crippen LogP contribution in [0.5, 0.6) is 0 Å². The van der Waals surface area contributed by atoms with E-state index in [2.05, 4.69) is 6.58 Å². The highest BCUT2D eigenvalue weighted by Gasteiger charge is 2.03. The molecule has 0 atom stereocenters. The van der Waals surface area contributed by atoms with E-state index >= 15 is 0 Å². The minimum atomic E-state index is -0.272. The first-order chi connectivity index (χ1) is 7.20. The maximum Gasteiger partial charge on any atom is 0.339 e. The van der Waals surface area contributed by atoms with Crippen LogP contribution in [0.3, 0.4) is 0 Å². The van der Waals surface area contributed by atoms with Crippen molar-refractivity contribution >= 4 is 11.0 Å². The average molecular weight is 200 g/mol. The molecular weight excluding hydrogens is 188 g/mol. The van der Waals surface area contributed by atoms with Crippen LogP contribution >= 0.6 is 0 Å². The van der Waals surface area contributed by atoms with Gasteiger partial charge in [0.15, 0.2) is 0 Å². The van der Waals surface area contributed by atoms with Crippen molar-refractivity contribution in [1.82, 2.24) is 0 Å². The summed E-state index contributed by atoms with van der Waals surface area (Å²) < 4.78 is 5.20. The fourth-order valence-electron chi connectivity index (χ4n) is 1.58. The molecule has 0 fully saturated rings. The lowest BCUT2D eigenvalue weighted by atomic mass is 10.1. The lowest BCUT2D eigenvalue weighted by Gasteiger charge is -2.00. The Labute approximate surface area is 87.8 Å². The van der Waals surface area contributed by atoms with E-state index in [1.165, 1.54) is 0 Å². The summed E-state index contributed by atoms with van der Waals surface area (Å²) in [4.78, 5) is 11.5. The van der Waals surface area contributed by atoms with Gasteiger partial charge in [-0.15, -0.1) is 6.58 Å². The predicted octanol–water partition coefficient (Wildman–Crippen LogP) is 2.83. The van der Waals surface area contributed by atoms with Gasteiger partial charge in [0.2, 0.25) is 0 Å². The SMILES string of the molecule is C=CCc1cc2cc(C)ccc2oc1=O. The summed E-state index contributed by atoms with van der Waals surface area (Å²) in [5.74, 6) is 0. The molecule has 0 unspecified atom stereocenters. The molecule has 15 heavy (non-hydrogen) atoms. The summed E-state index contributed by atoms with van der Waals surface area (Å²) in [6.07, 6.45) is 2.25. The predicted molar refractivity (Wildman–Crippen MR) is 61.1 cm³/mol. The normalized spacial score (nSPS) is 10.5. The first kappa shape index (κ1) is 9.71. The summed E-state index contributed by atoms with van der Waals surface area (Å²) in [5, 5.41) is 0.964. The monoisotopic (exact) mass is 200 g/mol.